The lowest BCUT2D eigenvalue weighted by Gasteiger charge is -2.40. The summed E-state index contributed by atoms with van der Waals surface area (Å²) in [7, 11) is 1.80. The van der Waals surface area contributed by atoms with Gasteiger partial charge in [-0.15, -0.1) is 0 Å². The highest BCUT2D eigenvalue weighted by Crippen LogP contribution is 2.36. The lowest BCUT2D eigenvalue weighted by Crippen LogP contribution is -2.55. The number of carbonyl (C=O) groups is 2. The summed E-state index contributed by atoms with van der Waals surface area (Å²) in [5.74, 6) is -0.0134. The second kappa shape index (κ2) is 9.18. The summed E-state index contributed by atoms with van der Waals surface area (Å²) in [6, 6.07) is 18.8. The molecule has 0 bridgehead atoms. The molecule has 0 aromatic heterocycles. The van der Waals surface area contributed by atoms with Crippen LogP contribution in [0, 0.1) is 0 Å². The number of likely N-dealkylation sites (N-methyl/N-ethyl adjacent to an activating group) is 1. The van der Waals surface area contributed by atoms with Gasteiger partial charge in [0.1, 0.15) is 5.54 Å². The van der Waals surface area contributed by atoms with Crippen LogP contribution < -0.4 is 4.90 Å². The molecule has 2 aromatic rings. The van der Waals surface area contributed by atoms with Crippen molar-refractivity contribution in [2.75, 3.05) is 44.7 Å². The van der Waals surface area contributed by atoms with Crippen molar-refractivity contribution >= 4 is 17.6 Å². The first-order valence-corrected chi connectivity index (χ1v) is 12.3. The molecular weight excluding hydrogens is 412 g/mol. The molecule has 6 heteroatoms. The first-order chi connectivity index (χ1) is 16.1. The molecule has 1 spiro atoms. The number of amides is 3. The quantitative estimate of drug-likeness (QED) is 0.634. The number of imide groups is 1. The number of anilines is 1. The molecule has 3 heterocycles. The molecule has 0 aliphatic carbocycles. The lowest BCUT2D eigenvalue weighted by molar-refractivity contribution is -0.135. The van der Waals surface area contributed by atoms with E-state index in [2.05, 4.69) is 34.1 Å². The second-order valence-electron chi connectivity index (χ2n) is 9.70. The molecule has 0 unspecified atom stereocenters. The van der Waals surface area contributed by atoms with Gasteiger partial charge < -0.3 is 9.80 Å². The summed E-state index contributed by atoms with van der Waals surface area (Å²) in [6.07, 6.45) is 4.67. The van der Waals surface area contributed by atoms with Crippen LogP contribution in [0.4, 0.5) is 10.5 Å². The summed E-state index contributed by atoms with van der Waals surface area (Å²) in [5, 5.41) is 0. The van der Waals surface area contributed by atoms with Gasteiger partial charge in [0.05, 0.1) is 0 Å². The van der Waals surface area contributed by atoms with Crippen LogP contribution in [0.5, 0.6) is 0 Å². The molecular formula is C27H34N4O2. The van der Waals surface area contributed by atoms with E-state index in [4.69, 9.17) is 0 Å². The van der Waals surface area contributed by atoms with Crippen molar-refractivity contribution in [3.05, 3.63) is 65.7 Å². The third-order valence-corrected chi connectivity index (χ3v) is 7.77. The van der Waals surface area contributed by atoms with Crippen LogP contribution >= 0.6 is 0 Å². The summed E-state index contributed by atoms with van der Waals surface area (Å²) < 4.78 is 0. The molecule has 33 heavy (non-hydrogen) atoms. The Morgan fingerprint density at radius 1 is 0.818 bits per heavy atom. The number of benzene rings is 2. The fraction of sp³-hybridized carbons (Fsp3) is 0.481. The van der Waals surface area contributed by atoms with Crippen LogP contribution in [0.2, 0.25) is 0 Å². The van der Waals surface area contributed by atoms with Crippen molar-refractivity contribution < 1.29 is 9.59 Å². The van der Waals surface area contributed by atoms with E-state index < -0.39 is 5.54 Å². The van der Waals surface area contributed by atoms with Gasteiger partial charge in [-0.05, 0) is 55.4 Å². The minimum atomic E-state index is -0.677. The Labute approximate surface area is 196 Å². The highest BCUT2D eigenvalue weighted by atomic mass is 16.2. The fourth-order valence-corrected chi connectivity index (χ4v) is 5.60. The first kappa shape index (κ1) is 22.0. The van der Waals surface area contributed by atoms with Gasteiger partial charge in [0.25, 0.3) is 5.91 Å². The molecule has 0 atom stereocenters. The van der Waals surface area contributed by atoms with E-state index in [0.717, 1.165) is 38.3 Å². The highest BCUT2D eigenvalue weighted by Gasteiger charge is 2.56. The molecule has 3 aliphatic rings. The van der Waals surface area contributed by atoms with Gasteiger partial charge >= 0.3 is 6.03 Å². The van der Waals surface area contributed by atoms with Crippen molar-refractivity contribution in [3.8, 4) is 0 Å². The topological polar surface area (TPSA) is 47.1 Å². The van der Waals surface area contributed by atoms with Crippen LogP contribution in [-0.2, 0) is 17.8 Å². The third-order valence-electron chi connectivity index (χ3n) is 7.77. The Hall–Kier alpha value is -2.86. The van der Waals surface area contributed by atoms with E-state index in [1.807, 2.05) is 30.3 Å². The maximum absolute atomic E-state index is 13.4. The van der Waals surface area contributed by atoms with E-state index >= 15 is 0 Å². The smallest absolute Gasteiger partial charge is 0.327 e. The zero-order valence-corrected chi connectivity index (χ0v) is 19.6. The van der Waals surface area contributed by atoms with Crippen LogP contribution in [0.3, 0.4) is 0 Å². The first-order valence-electron chi connectivity index (χ1n) is 12.3. The zero-order chi connectivity index (χ0) is 22.8. The average Bonchev–Trinajstić information content (AvgIpc) is 3.45. The number of hydrogen-bond acceptors (Lipinski definition) is 4. The number of nitrogens with zero attached hydrogens (tertiary/aromatic N) is 4. The van der Waals surface area contributed by atoms with E-state index in [1.54, 1.807) is 11.9 Å². The predicted molar refractivity (Wildman–Crippen MR) is 130 cm³/mol. The summed E-state index contributed by atoms with van der Waals surface area (Å²) >= 11 is 0. The number of rotatable bonds is 6. The van der Waals surface area contributed by atoms with Gasteiger partial charge in [0, 0.05) is 52.0 Å². The van der Waals surface area contributed by atoms with Crippen molar-refractivity contribution in [1.82, 2.24) is 14.7 Å². The SMILES string of the molecule is CN1C(=O)N(CCc2ccccc2)C(=O)C12CCN(Cc1ccc(N3CCCC3)cc1)CC2. The van der Waals surface area contributed by atoms with Crippen LogP contribution in [-0.4, -0.2) is 71.9 Å². The molecule has 3 saturated heterocycles. The predicted octanol–water partition coefficient (Wildman–Crippen LogP) is 3.76. The van der Waals surface area contributed by atoms with Crippen molar-refractivity contribution in [2.45, 2.75) is 44.2 Å². The Balaban J connectivity index is 1.18. The number of piperidine rings is 1. The van der Waals surface area contributed by atoms with E-state index in [9.17, 15) is 9.59 Å². The largest absolute Gasteiger partial charge is 0.372 e. The van der Waals surface area contributed by atoms with E-state index in [-0.39, 0.29) is 11.9 Å². The maximum Gasteiger partial charge on any atom is 0.327 e. The number of hydrogen-bond donors (Lipinski definition) is 0. The normalized spacial score (nSPS) is 20.9. The second-order valence-corrected chi connectivity index (χ2v) is 9.70. The molecule has 2 aromatic carbocycles. The molecule has 6 nitrogen and oxygen atoms in total. The summed E-state index contributed by atoms with van der Waals surface area (Å²) in [5.41, 5.74) is 3.10. The summed E-state index contributed by atoms with van der Waals surface area (Å²) in [4.78, 5) is 34.4. The molecule has 3 amide bonds. The Bertz CT molecular complexity index is 977. The zero-order valence-electron chi connectivity index (χ0n) is 19.6. The number of urea groups is 1. The molecule has 5 rings (SSSR count). The van der Waals surface area contributed by atoms with Gasteiger partial charge in [-0.25, -0.2) is 4.79 Å². The Kier molecular flexibility index (Phi) is 6.11. The van der Waals surface area contributed by atoms with Gasteiger partial charge in [-0.1, -0.05) is 42.5 Å². The van der Waals surface area contributed by atoms with Crippen molar-refractivity contribution in [3.63, 3.8) is 0 Å². The van der Waals surface area contributed by atoms with Gasteiger partial charge in [-0.3, -0.25) is 14.6 Å². The highest BCUT2D eigenvalue weighted by molar-refractivity contribution is 6.07. The molecule has 3 fully saturated rings. The van der Waals surface area contributed by atoms with Crippen molar-refractivity contribution in [2.24, 2.45) is 0 Å². The maximum atomic E-state index is 13.4. The Morgan fingerprint density at radius 2 is 1.48 bits per heavy atom. The average molecular weight is 447 g/mol. The van der Waals surface area contributed by atoms with Gasteiger partial charge in [0.2, 0.25) is 0 Å². The van der Waals surface area contributed by atoms with Crippen LogP contribution in [0.25, 0.3) is 0 Å². The van der Waals surface area contributed by atoms with Crippen LogP contribution in [0.1, 0.15) is 36.8 Å². The van der Waals surface area contributed by atoms with E-state index in [1.165, 1.54) is 29.0 Å². The monoisotopic (exact) mass is 446 g/mol. The molecule has 0 saturated carbocycles. The number of likely N-dealkylation sites (tertiary alicyclic amines) is 1. The number of carbonyl (C=O) groups excluding carboxylic acids is 2. The minimum Gasteiger partial charge on any atom is -0.372 e. The molecule has 3 aliphatic heterocycles. The third kappa shape index (κ3) is 4.24. The van der Waals surface area contributed by atoms with Gasteiger partial charge in [0.15, 0.2) is 0 Å². The minimum absolute atomic E-state index is 0.0134. The van der Waals surface area contributed by atoms with Crippen LogP contribution in [0.15, 0.2) is 54.6 Å². The van der Waals surface area contributed by atoms with E-state index in [0.29, 0.717) is 25.8 Å². The molecule has 0 N–H and O–H groups in total. The van der Waals surface area contributed by atoms with Crippen molar-refractivity contribution in [1.29, 1.82) is 0 Å². The molecule has 0 radical (unpaired) electrons. The molecule has 174 valence electrons. The summed E-state index contributed by atoms with van der Waals surface area (Å²) in [6.45, 7) is 5.31. The Morgan fingerprint density at radius 3 is 2.15 bits per heavy atom. The fourth-order valence-electron chi connectivity index (χ4n) is 5.60. The van der Waals surface area contributed by atoms with Gasteiger partial charge in [-0.2, -0.15) is 0 Å². The standard InChI is InChI=1S/C27H34N4O2/c1-28-26(33)31(18-13-22-7-3-2-4-8-22)25(32)27(28)14-19-29(20-15-27)21-23-9-11-24(12-10-23)30-16-5-6-17-30/h2-4,7-12H,5-6,13-21H2,1H3. The lowest BCUT2D eigenvalue weighted by atomic mass is 9.86.